The monoisotopic (exact) mass is 322 g/mol. The van der Waals surface area contributed by atoms with E-state index in [-0.39, 0.29) is 5.69 Å². The van der Waals surface area contributed by atoms with E-state index < -0.39 is 5.97 Å². The average molecular weight is 322 g/mol. The molecule has 1 heterocycles. The third kappa shape index (κ3) is 2.88. The molecule has 0 atom stereocenters. The number of hydrogen-bond donors (Lipinski definition) is 1. The van der Waals surface area contributed by atoms with Crippen molar-refractivity contribution in [2.24, 2.45) is 0 Å². The molecule has 1 N–H and O–H groups in total. The van der Waals surface area contributed by atoms with Crippen LogP contribution in [0, 0.1) is 13.8 Å². The molecule has 0 amide bonds. The second-order valence-corrected chi connectivity index (χ2v) is 5.65. The predicted molar refractivity (Wildman–Crippen MR) is 92.0 cm³/mol. The molecule has 0 saturated heterocycles. The Kier molecular flexibility index (Phi) is 4.08. The highest BCUT2D eigenvalue weighted by molar-refractivity contribution is 5.87. The molecule has 0 aliphatic carbocycles. The number of aryl methyl sites for hydroxylation is 2. The number of aromatic carboxylic acids is 1. The summed E-state index contributed by atoms with van der Waals surface area (Å²) in [6.45, 7) is 4.01. The van der Waals surface area contributed by atoms with Crippen LogP contribution in [0.25, 0.3) is 16.9 Å². The van der Waals surface area contributed by atoms with Crippen molar-refractivity contribution < 1.29 is 14.6 Å². The first-order valence-corrected chi connectivity index (χ1v) is 7.55. The lowest BCUT2D eigenvalue weighted by molar-refractivity contribution is 0.0690. The smallest absolute Gasteiger partial charge is 0.356 e. The van der Waals surface area contributed by atoms with Crippen LogP contribution in [0.4, 0.5) is 0 Å². The van der Waals surface area contributed by atoms with Gasteiger partial charge in [-0.15, -0.1) is 0 Å². The van der Waals surface area contributed by atoms with Gasteiger partial charge in [0.05, 0.1) is 18.5 Å². The molecule has 5 heteroatoms. The Bertz CT molecular complexity index is 895. The maximum Gasteiger partial charge on any atom is 0.356 e. The van der Waals surface area contributed by atoms with E-state index >= 15 is 0 Å². The molecule has 1 aromatic heterocycles. The van der Waals surface area contributed by atoms with Gasteiger partial charge in [0.1, 0.15) is 5.75 Å². The molecule has 0 spiro atoms. The van der Waals surface area contributed by atoms with Crippen LogP contribution < -0.4 is 4.74 Å². The van der Waals surface area contributed by atoms with Crippen molar-refractivity contribution in [1.82, 2.24) is 9.78 Å². The first-order valence-electron chi connectivity index (χ1n) is 7.55. The minimum Gasteiger partial charge on any atom is -0.497 e. The third-order valence-electron chi connectivity index (χ3n) is 3.91. The first kappa shape index (κ1) is 15.8. The number of methoxy groups -OCH3 is 1. The highest BCUT2D eigenvalue weighted by Gasteiger charge is 2.17. The van der Waals surface area contributed by atoms with Crippen LogP contribution in [0.3, 0.4) is 0 Å². The molecule has 0 unspecified atom stereocenters. The molecule has 122 valence electrons. The third-order valence-corrected chi connectivity index (χ3v) is 3.91. The first-order chi connectivity index (χ1) is 11.5. The van der Waals surface area contributed by atoms with Crippen LogP contribution in [0.15, 0.2) is 48.5 Å². The number of benzene rings is 2. The summed E-state index contributed by atoms with van der Waals surface area (Å²) < 4.78 is 6.83. The maximum atomic E-state index is 11.4. The van der Waals surface area contributed by atoms with E-state index in [9.17, 15) is 9.90 Å². The van der Waals surface area contributed by atoms with Crippen LogP contribution in [-0.4, -0.2) is 28.0 Å². The molecular formula is C19H18N2O3. The summed E-state index contributed by atoms with van der Waals surface area (Å²) in [4.78, 5) is 11.4. The second-order valence-electron chi connectivity index (χ2n) is 5.65. The molecule has 0 fully saturated rings. The summed E-state index contributed by atoms with van der Waals surface area (Å²) in [5.74, 6) is -0.313. The van der Waals surface area contributed by atoms with E-state index in [1.54, 1.807) is 17.9 Å². The van der Waals surface area contributed by atoms with Gasteiger partial charge in [-0.1, -0.05) is 17.7 Å². The Morgan fingerprint density at radius 3 is 2.42 bits per heavy atom. The summed E-state index contributed by atoms with van der Waals surface area (Å²) in [6, 6.07) is 15.1. The minimum absolute atomic E-state index is 0.0155. The highest BCUT2D eigenvalue weighted by Crippen LogP contribution is 2.28. The van der Waals surface area contributed by atoms with Crippen LogP contribution in [0.2, 0.25) is 0 Å². The summed E-state index contributed by atoms with van der Waals surface area (Å²) >= 11 is 0. The van der Waals surface area contributed by atoms with E-state index in [4.69, 9.17) is 4.74 Å². The molecule has 3 rings (SSSR count). The number of carbonyl (C=O) groups is 1. The zero-order chi connectivity index (χ0) is 17.3. The molecule has 0 aliphatic rings. The van der Waals surface area contributed by atoms with Crippen LogP contribution in [-0.2, 0) is 0 Å². The Morgan fingerprint density at radius 2 is 1.79 bits per heavy atom. The molecule has 2 aromatic carbocycles. The standard InChI is InChI=1S/C19H18N2O3/c1-12-4-5-13(2)16(10-12)18-11-17(19(22)23)20-21(18)14-6-8-15(24-3)9-7-14/h4-11H,1-3H3,(H,22,23). The molecule has 5 nitrogen and oxygen atoms in total. The molecular weight excluding hydrogens is 304 g/mol. The number of rotatable bonds is 4. The van der Waals surface area contributed by atoms with Gasteiger partial charge in [-0.3, -0.25) is 0 Å². The largest absolute Gasteiger partial charge is 0.497 e. The van der Waals surface area contributed by atoms with E-state index in [2.05, 4.69) is 5.10 Å². The zero-order valence-electron chi connectivity index (χ0n) is 13.8. The molecule has 3 aromatic rings. The number of aromatic nitrogens is 2. The lowest BCUT2D eigenvalue weighted by Crippen LogP contribution is -2.02. The maximum absolute atomic E-state index is 11.4. The molecule has 0 radical (unpaired) electrons. The Labute approximate surface area is 140 Å². The fourth-order valence-electron chi connectivity index (χ4n) is 2.61. The van der Waals surface area contributed by atoms with E-state index in [0.29, 0.717) is 0 Å². The fraction of sp³-hybridized carbons (Fsp3) is 0.158. The van der Waals surface area contributed by atoms with Crippen molar-refractivity contribution in [3.05, 3.63) is 65.4 Å². The van der Waals surface area contributed by atoms with E-state index in [1.165, 1.54) is 0 Å². The van der Waals surface area contributed by atoms with Gasteiger partial charge < -0.3 is 9.84 Å². The summed E-state index contributed by atoms with van der Waals surface area (Å²) in [5.41, 5.74) is 4.67. The topological polar surface area (TPSA) is 64.4 Å². The number of ether oxygens (including phenoxy) is 1. The van der Waals surface area contributed by atoms with Gasteiger partial charge in [-0.2, -0.15) is 5.10 Å². The quantitative estimate of drug-likeness (QED) is 0.792. The molecule has 0 saturated carbocycles. The number of carboxylic acid groups (broad SMARTS) is 1. The minimum atomic E-state index is -1.05. The Balaban J connectivity index is 2.21. The second kappa shape index (κ2) is 6.20. The number of carboxylic acids is 1. The Morgan fingerprint density at radius 1 is 1.08 bits per heavy atom. The van der Waals surface area contributed by atoms with Crippen LogP contribution in [0.1, 0.15) is 21.6 Å². The summed E-state index contributed by atoms with van der Waals surface area (Å²) in [7, 11) is 1.60. The van der Waals surface area contributed by atoms with E-state index in [0.717, 1.165) is 33.8 Å². The lowest BCUT2D eigenvalue weighted by Gasteiger charge is -2.11. The highest BCUT2D eigenvalue weighted by atomic mass is 16.5. The lowest BCUT2D eigenvalue weighted by atomic mass is 10.0. The van der Waals surface area contributed by atoms with Gasteiger partial charge in [0.15, 0.2) is 5.69 Å². The molecule has 0 aliphatic heterocycles. The fourth-order valence-corrected chi connectivity index (χ4v) is 2.61. The van der Waals surface area contributed by atoms with Gasteiger partial charge in [-0.25, -0.2) is 9.48 Å². The van der Waals surface area contributed by atoms with Gasteiger partial charge in [0.2, 0.25) is 0 Å². The summed E-state index contributed by atoms with van der Waals surface area (Å²) in [5, 5.41) is 13.6. The van der Waals surface area contributed by atoms with Crippen LogP contribution >= 0.6 is 0 Å². The summed E-state index contributed by atoms with van der Waals surface area (Å²) in [6.07, 6.45) is 0. The Hall–Kier alpha value is -3.08. The van der Waals surface area contributed by atoms with Gasteiger partial charge in [0.25, 0.3) is 0 Å². The molecule has 0 bridgehead atoms. The van der Waals surface area contributed by atoms with Crippen molar-refractivity contribution in [1.29, 1.82) is 0 Å². The SMILES string of the molecule is COc1ccc(-n2nc(C(=O)O)cc2-c2cc(C)ccc2C)cc1. The van der Waals surface area contributed by atoms with Gasteiger partial charge in [0, 0.05) is 5.56 Å². The van der Waals surface area contributed by atoms with Gasteiger partial charge >= 0.3 is 5.97 Å². The van der Waals surface area contributed by atoms with Gasteiger partial charge in [-0.05, 0) is 55.8 Å². The molecule has 24 heavy (non-hydrogen) atoms. The number of hydrogen-bond acceptors (Lipinski definition) is 3. The van der Waals surface area contributed by atoms with Crippen LogP contribution in [0.5, 0.6) is 5.75 Å². The zero-order valence-corrected chi connectivity index (χ0v) is 13.8. The van der Waals surface area contributed by atoms with Crippen molar-refractivity contribution in [2.45, 2.75) is 13.8 Å². The number of nitrogens with zero attached hydrogens (tertiary/aromatic N) is 2. The average Bonchev–Trinajstić information content (AvgIpc) is 3.02. The predicted octanol–water partition coefficient (Wildman–Crippen LogP) is 3.86. The van der Waals surface area contributed by atoms with Crippen molar-refractivity contribution >= 4 is 5.97 Å². The van der Waals surface area contributed by atoms with Crippen molar-refractivity contribution in [3.63, 3.8) is 0 Å². The normalized spacial score (nSPS) is 10.6. The van der Waals surface area contributed by atoms with Crippen molar-refractivity contribution in [3.8, 4) is 22.7 Å². The van der Waals surface area contributed by atoms with Crippen molar-refractivity contribution in [2.75, 3.05) is 7.11 Å². The van der Waals surface area contributed by atoms with E-state index in [1.807, 2.05) is 56.3 Å².